The lowest BCUT2D eigenvalue weighted by atomic mass is 9.81. The summed E-state index contributed by atoms with van der Waals surface area (Å²) in [6.45, 7) is 4.65. The smallest absolute Gasteiger partial charge is 0.354 e. The number of aromatic nitrogens is 1. The number of hydrogen-bond acceptors (Lipinski definition) is 5. The van der Waals surface area contributed by atoms with Crippen LogP contribution in [0.1, 0.15) is 30.8 Å². The minimum Gasteiger partial charge on any atom is -0.464 e. The highest BCUT2D eigenvalue weighted by atomic mass is 35.5. The largest absolute Gasteiger partial charge is 0.464 e. The van der Waals surface area contributed by atoms with Crippen molar-refractivity contribution in [2.24, 2.45) is 11.1 Å². The fourth-order valence-electron chi connectivity index (χ4n) is 2.43. The van der Waals surface area contributed by atoms with Crippen LogP contribution in [-0.4, -0.2) is 49.9 Å². The van der Waals surface area contributed by atoms with Gasteiger partial charge in [-0.15, -0.1) is 12.4 Å². The maximum Gasteiger partial charge on any atom is 0.354 e. The number of H-pyrrole nitrogens is 1. The molecular weight excluding hydrogens is 330 g/mol. The number of halogens is 1. The van der Waals surface area contributed by atoms with Crippen molar-refractivity contribution in [3.63, 3.8) is 0 Å². The summed E-state index contributed by atoms with van der Waals surface area (Å²) in [5.41, 5.74) is 5.86. The second kappa shape index (κ2) is 6.57. The number of carbonyl (C=O) groups excluding carboxylic acids is 1. The Labute approximate surface area is 136 Å². The van der Waals surface area contributed by atoms with Crippen LogP contribution in [0.25, 0.3) is 0 Å². The van der Waals surface area contributed by atoms with Crippen molar-refractivity contribution >= 4 is 28.4 Å². The van der Waals surface area contributed by atoms with Crippen molar-refractivity contribution < 1.29 is 17.9 Å². The predicted molar refractivity (Wildman–Crippen MR) is 84.5 cm³/mol. The van der Waals surface area contributed by atoms with Crippen LogP contribution in [0.4, 0.5) is 0 Å². The first kappa shape index (κ1) is 19.0. The number of methoxy groups -OCH3 is 1. The molecule has 1 aliphatic rings. The zero-order chi connectivity index (χ0) is 15.8. The van der Waals surface area contributed by atoms with Crippen molar-refractivity contribution in [2.45, 2.75) is 31.2 Å². The van der Waals surface area contributed by atoms with Crippen LogP contribution in [0, 0.1) is 5.41 Å². The van der Waals surface area contributed by atoms with E-state index in [-0.39, 0.29) is 34.5 Å². The molecule has 7 nitrogen and oxygen atoms in total. The number of hydrogen-bond donors (Lipinski definition) is 2. The van der Waals surface area contributed by atoms with E-state index >= 15 is 0 Å². The Hall–Kier alpha value is -1.09. The van der Waals surface area contributed by atoms with Crippen molar-refractivity contribution in [1.29, 1.82) is 0 Å². The molecular formula is C13H22ClN3O4S. The Morgan fingerprint density at radius 2 is 2.14 bits per heavy atom. The van der Waals surface area contributed by atoms with E-state index in [0.717, 1.165) is 0 Å². The highest BCUT2D eigenvalue weighted by molar-refractivity contribution is 7.89. The average molecular weight is 352 g/mol. The summed E-state index contributed by atoms with van der Waals surface area (Å²) in [6.07, 6.45) is 1.92. The number of nitrogens with one attached hydrogen (secondary N) is 1. The molecule has 1 atom stereocenters. The molecule has 1 aliphatic heterocycles. The molecule has 126 valence electrons. The average Bonchev–Trinajstić information content (AvgIpc) is 2.91. The highest BCUT2D eigenvalue weighted by Crippen LogP contribution is 2.31. The van der Waals surface area contributed by atoms with Gasteiger partial charge in [-0.1, -0.05) is 13.8 Å². The van der Waals surface area contributed by atoms with E-state index in [4.69, 9.17) is 5.73 Å². The van der Waals surface area contributed by atoms with E-state index in [1.54, 1.807) is 0 Å². The molecule has 0 aliphatic carbocycles. The molecule has 9 heteroatoms. The number of rotatable bonds is 3. The number of sulfonamides is 1. The molecule has 1 fully saturated rings. The Morgan fingerprint density at radius 3 is 2.68 bits per heavy atom. The molecule has 1 aromatic heterocycles. The first-order valence-corrected chi connectivity index (χ1v) is 8.15. The highest BCUT2D eigenvalue weighted by Gasteiger charge is 2.39. The van der Waals surface area contributed by atoms with Crippen LogP contribution in [0.2, 0.25) is 0 Å². The topological polar surface area (TPSA) is 105 Å². The maximum atomic E-state index is 12.6. The van der Waals surface area contributed by atoms with Crippen molar-refractivity contribution in [3.05, 3.63) is 18.0 Å². The van der Waals surface area contributed by atoms with Gasteiger partial charge in [0, 0.05) is 25.3 Å². The summed E-state index contributed by atoms with van der Waals surface area (Å²) in [7, 11) is -2.40. The molecule has 2 heterocycles. The van der Waals surface area contributed by atoms with Crippen LogP contribution in [0.3, 0.4) is 0 Å². The SMILES string of the molecule is COC(=O)c1cc(S(=O)(=O)N2CCC(N)C(C)(C)C2)c[nH]1.Cl. The molecule has 1 saturated heterocycles. The summed E-state index contributed by atoms with van der Waals surface area (Å²) in [6, 6.07) is 1.27. The molecule has 0 spiro atoms. The van der Waals surface area contributed by atoms with E-state index in [1.807, 2.05) is 13.8 Å². The third-order valence-electron chi connectivity index (χ3n) is 3.98. The van der Waals surface area contributed by atoms with Crippen LogP contribution >= 0.6 is 12.4 Å². The lowest BCUT2D eigenvalue weighted by molar-refractivity contribution is 0.0594. The first-order chi connectivity index (χ1) is 9.68. The van der Waals surface area contributed by atoms with Gasteiger partial charge in [0.15, 0.2) is 0 Å². The Bertz CT molecular complexity index is 641. The number of aromatic amines is 1. The molecule has 0 aromatic carbocycles. The molecule has 1 aromatic rings. The number of piperidine rings is 1. The number of ether oxygens (including phenoxy) is 1. The van der Waals surface area contributed by atoms with E-state index in [0.29, 0.717) is 19.5 Å². The summed E-state index contributed by atoms with van der Waals surface area (Å²) < 4.78 is 31.2. The quantitative estimate of drug-likeness (QED) is 0.789. The number of nitrogens with zero attached hydrogens (tertiary/aromatic N) is 1. The molecule has 1 unspecified atom stereocenters. The van der Waals surface area contributed by atoms with Gasteiger partial charge in [-0.2, -0.15) is 4.31 Å². The Balaban J connectivity index is 0.00000242. The van der Waals surface area contributed by atoms with Gasteiger partial charge in [-0.3, -0.25) is 0 Å². The lowest BCUT2D eigenvalue weighted by Gasteiger charge is -2.41. The lowest BCUT2D eigenvalue weighted by Crippen LogP contribution is -2.53. The van der Waals surface area contributed by atoms with Gasteiger partial charge in [0.25, 0.3) is 0 Å². The standard InChI is InChI=1S/C13H21N3O4S.ClH/c1-13(2)8-16(5-4-11(13)14)21(18,19)9-6-10(15-7-9)12(17)20-3;/h6-7,11,15H,4-5,8,14H2,1-3H3;1H. The monoisotopic (exact) mass is 351 g/mol. The van der Waals surface area contributed by atoms with Crippen LogP contribution < -0.4 is 5.73 Å². The van der Waals surface area contributed by atoms with Gasteiger partial charge < -0.3 is 15.5 Å². The van der Waals surface area contributed by atoms with Crippen LogP contribution in [0.15, 0.2) is 17.2 Å². The molecule has 0 bridgehead atoms. The molecule has 0 radical (unpaired) electrons. The first-order valence-electron chi connectivity index (χ1n) is 6.71. The van der Waals surface area contributed by atoms with Gasteiger partial charge in [-0.25, -0.2) is 13.2 Å². The summed E-state index contributed by atoms with van der Waals surface area (Å²) in [5.74, 6) is -0.600. The normalized spacial score (nSPS) is 21.9. The predicted octanol–water partition coefficient (Wildman–Crippen LogP) is 0.971. The van der Waals surface area contributed by atoms with E-state index in [9.17, 15) is 13.2 Å². The third kappa shape index (κ3) is 3.45. The molecule has 0 amide bonds. The van der Waals surface area contributed by atoms with Crippen molar-refractivity contribution in [1.82, 2.24) is 9.29 Å². The Morgan fingerprint density at radius 1 is 1.50 bits per heavy atom. The van der Waals surface area contributed by atoms with Gasteiger partial charge >= 0.3 is 5.97 Å². The minimum atomic E-state index is -3.64. The molecule has 3 N–H and O–H groups in total. The van der Waals surface area contributed by atoms with E-state index in [1.165, 1.54) is 23.7 Å². The molecule has 2 rings (SSSR count). The third-order valence-corrected chi connectivity index (χ3v) is 5.80. The second-order valence-electron chi connectivity index (χ2n) is 5.96. The van der Waals surface area contributed by atoms with Gasteiger partial charge in [0.1, 0.15) is 10.6 Å². The zero-order valence-electron chi connectivity index (χ0n) is 12.8. The van der Waals surface area contributed by atoms with E-state index < -0.39 is 16.0 Å². The Kier molecular flexibility index (Phi) is 5.66. The maximum absolute atomic E-state index is 12.6. The van der Waals surface area contributed by atoms with Gasteiger partial charge in [0.2, 0.25) is 10.0 Å². The summed E-state index contributed by atoms with van der Waals surface area (Å²) in [5, 5.41) is 0. The zero-order valence-corrected chi connectivity index (χ0v) is 14.5. The second-order valence-corrected chi connectivity index (χ2v) is 7.90. The van der Waals surface area contributed by atoms with Crippen LogP contribution in [0.5, 0.6) is 0 Å². The van der Waals surface area contributed by atoms with Crippen molar-refractivity contribution in [3.8, 4) is 0 Å². The van der Waals surface area contributed by atoms with E-state index in [2.05, 4.69) is 9.72 Å². The number of carbonyl (C=O) groups is 1. The van der Waals surface area contributed by atoms with Crippen molar-refractivity contribution in [2.75, 3.05) is 20.2 Å². The van der Waals surface area contributed by atoms with Crippen LogP contribution in [-0.2, 0) is 14.8 Å². The van der Waals surface area contributed by atoms with Gasteiger partial charge in [0.05, 0.1) is 7.11 Å². The fourth-order valence-corrected chi connectivity index (χ4v) is 4.05. The minimum absolute atomic E-state index is 0. The number of nitrogens with two attached hydrogens (primary N) is 1. The van der Waals surface area contributed by atoms with Gasteiger partial charge in [-0.05, 0) is 17.9 Å². The molecule has 22 heavy (non-hydrogen) atoms. The molecule has 0 saturated carbocycles. The fraction of sp³-hybridized carbons (Fsp3) is 0.615. The number of esters is 1. The summed E-state index contributed by atoms with van der Waals surface area (Å²) in [4.78, 5) is 14.1. The summed E-state index contributed by atoms with van der Waals surface area (Å²) >= 11 is 0.